The molecule has 0 unspecified atom stereocenters. The number of hydrogen-bond acceptors (Lipinski definition) is 1. The summed E-state index contributed by atoms with van der Waals surface area (Å²) < 4.78 is 1.00. The summed E-state index contributed by atoms with van der Waals surface area (Å²) >= 11 is 3.43. The minimum atomic E-state index is -0.251. The molecule has 0 radical (unpaired) electrons. The topological polar surface area (TPSA) is 20.2 Å². The highest BCUT2D eigenvalue weighted by molar-refractivity contribution is 9.11. The van der Waals surface area contributed by atoms with Gasteiger partial charge in [-0.3, -0.25) is 0 Å². The van der Waals surface area contributed by atoms with Crippen LogP contribution in [0.15, 0.2) is 10.6 Å². The van der Waals surface area contributed by atoms with E-state index in [4.69, 9.17) is 0 Å². The fourth-order valence-corrected chi connectivity index (χ4v) is 3.07. The van der Waals surface area contributed by atoms with E-state index in [1.165, 1.54) is 6.42 Å². The van der Waals surface area contributed by atoms with Gasteiger partial charge < -0.3 is 5.11 Å². The van der Waals surface area contributed by atoms with E-state index >= 15 is 0 Å². The lowest BCUT2D eigenvalue weighted by atomic mass is 9.53. The van der Waals surface area contributed by atoms with Crippen molar-refractivity contribution in [3.8, 4) is 0 Å². The van der Waals surface area contributed by atoms with Gasteiger partial charge in [0.2, 0.25) is 0 Å². The van der Waals surface area contributed by atoms with Gasteiger partial charge in [0, 0.05) is 4.48 Å². The average molecular weight is 231 g/mol. The standard InChI is InChI=1S/C10H15BrO/c1-10(2)6-3-4-8(11)9(12)7(10)5-6/h4,6-7,9,12H,3,5H2,1-2H3/t6-,7+,9-/m0/s1. The van der Waals surface area contributed by atoms with E-state index in [1.807, 2.05) is 0 Å². The summed E-state index contributed by atoms with van der Waals surface area (Å²) in [6.07, 6.45) is 4.21. The van der Waals surface area contributed by atoms with Gasteiger partial charge in [0.1, 0.15) is 0 Å². The van der Waals surface area contributed by atoms with Gasteiger partial charge in [0.05, 0.1) is 6.10 Å². The maximum atomic E-state index is 9.88. The van der Waals surface area contributed by atoms with Crippen LogP contribution in [0.25, 0.3) is 0 Å². The molecule has 1 saturated carbocycles. The van der Waals surface area contributed by atoms with Gasteiger partial charge in [0.25, 0.3) is 0 Å². The fourth-order valence-electron chi connectivity index (χ4n) is 2.56. The molecule has 0 aliphatic heterocycles. The van der Waals surface area contributed by atoms with Gasteiger partial charge in [-0.1, -0.05) is 35.9 Å². The SMILES string of the molecule is CC1(C)[C@H]2CC=C(Br)[C@@H](O)[C@H]1C2. The van der Waals surface area contributed by atoms with Crippen molar-refractivity contribution in [1.29, 1.82) is 0 Å². The summed E-state index contributed by atoms with van der Waals surface area (Å²) in [7, 11) is 0. The molecule has 0 heterocycles. The molecule has 1 N–H and O–H groups in total. The Bertz CT molecular complexity index is 232. The van der Waals surface area contributed by atoms with E-state index in [9.17, 15) is 5.11 Å². The summed E-state index contributed by atoms with van der Waals surface area (Å²) in [5, 5.41) is 9.88. The lowest BCUT2D eigenvalue weighted by Gasteiger charge is -2.52. The second-order valence-electron chi connectivity index (χ2n) is 4.63. The molecule has 0 spiro atoms. The number of aliphatic hydroxyl groups excluding tert-OH is 1. The lowest BCUT2D eigenvalue weighted by molar-refractivity contribution is -0.0708. The smallest absolute Gasteiger partial charge is 0.0884 e. The third-order valence-electron chi connectivity index (χ3n) is 3.81. The number of allylic oxidation sites excluding steroid dienone is 1. The molecular weight excluding hydrogens is 216 g/mol. The van der Waals surface area contributed by atoms with Crippen molar-refractivity contribution in [1.82, 2.24) is 0 Å². The first-order valence-corrected chi connectivity index (χ1v) is 5.36. The summed E-state index contributed by atoms with van der Waals surface area (Å²) in [5.74, 6) is 1.25. The molecule has 0 amide bonds. The molecule has 3 aliphatic rings. The molecule has 3 atom stereocenters. The van der Waals surface area contributed by atoms with Crippen LogP contribution >= 0.6 is 15.9 Å². The van der Waals surface area contributed by atoms with Crippen molar-refractivity contribution in [2.45, 2.75) is 32.8 Å². The summed E-state index contributed by atoms with van der Waals surface area (Å²) in [5.41, 5.74) is 0.339. The van der Waals surface area contributed by atoms with Crippen molar-refractivity contribution in [2.24, 2.45) is 17.3 Å². The van der Waals surface area contributed by atoms with Crippen molar-refractivity contribution in [3.05, 3.63) is 10.6 Å². The highest BCUT2D eigenvalue weighted by atomic mass is 79.9. The quantitative estimate of drug-likeness (QED) is 0.679. The average Bonchev–Trinajstić information content (AvgIpc) is 2.18. The largest absolute Gasteiger partial charge is 0.388 e. The third-order valence-corrected chi connectivity index (χ3v) is 4.60. The van der Waals surface area contributed by atoms with Gasteiger partial charge in [0.15, 0.2) is 0 Å². The molecule has 12 heavy (non-hydrogen) atoms. The molecule has 0 aromatic carbocycles. The molecule has 2 bridgehead atoms. The molecule has 1 nitrogen and oxygen atoms in total. The first-order chi connectivity index (χ1) is 5.53. The number of fused-ring (bicyclic) bond motifs is 2. The Morgan fingerprint density at radius 1 is 1.58 bits per heavy atom. The Kier molecular flexibility index (Phi) is 1.89. The first-order valence-electron chi connectivity index (χ1n) is 4.57. The molecule has 2 heteroatoms. The summed E-state index contributed by atoms with van der Waals surface area (Å²) in [4.78, 5) is 0. The Hall–Kier alpha value is 0.180. The molecule has 0 aromatic heterocycles. The van der Waals surface area contributed by atoms with Crippen LogP contribution < -0.4 is 0 Å². The second-order valence-corrected chi connectivity index (χ2v) is 5.55. The van der Waals surface area contributed by atoms with Gasteiger partial charge in [-0.25, -0.2) is 0 Å². The predicted octanol–water partition coefficient (Wildman–Crippen LogP) is 2.69. The van der Waals surface area contributed by atoms with E-state index < -0.39 is 0 Å². The van der Waals surface area contributed by atoms with Crippen molar-refractivity contribution in [2.75, 3.05) is 0 Å². The van der Waals surface area contributed by atoms with Crippen LogP contribution in [0.4, 0.5) is 0 Å². The Morgan fingerprint density at radius 2 is 2.25 bits per heavy atom. The first kappa shape index (κ1) is 8.76. The van der Waals surface area contributed by atoms with Crippen LogP contribution in [0.1, 0.15) is 26.7 Å². The Morgan fingerprint density at radius 3 is 2.83 bits per heavy atom. The van der Waals surface area contributed by atoms with Crippen molar-refractivity contribution >= 4 is 15.9 Å². The minimum absolute atomic E-state index is 0.251. The fraction of sp³-hybridized carbons (Fsp3) is 0.800. The van der Waals surface area contributed by atoms with Gasteiger partial charge in [-0.05, 0) is 30.1 Å². The molecule has 68 valence electrons. The van der Waals surface area contributed by atoms with Crippen LogP contribution in [-0.4, -0.2) is 11.2 Å². The Balaban J connectivity index is 2.26. The monoisotopic (exact) mass is 230 g/mol. The van der Waals surface area contributed by atoms with E-state index in [-0.39, 0.29) is 6.10 Å². The van der Waals surface area contributed by atoms with Crippen LogP contribution in [0.2, 0.25) is 0 Å². The maximum absolute atomic E-state index is 9.88. The number of aliphatic hydroxyl groups is 1. The number of halogens is 1. The number of rotatable bonds is 0. The van der Waals surface area contributed by atoms with E-state index in [0.717, 1.165) is 16.8 Å². The zero-order chi connectivity index (χ0) is 8.93. The Labute approximate surface area is 82.0 Å². The summed E-state index contributed by atoms with van der Waals surface area (Å²) in [6, 6.07) is 0. The van der Waals surface area contributed by atoms with Crippen LogP contribution in [0, 0.1) is 17.3 Å². The second kappa shape index (κ2) is 2.58. The maximum Gasteiger partial charge on any atom is 0.0884 e. The van der Waals surface area contributed by atoms with Crippen LogP contribution in [-0.2, 0) is 0 Å². The van der Waals surface area contributed by atoms with E-state index in [1.54, 1.807) is 0 Å². The van der Waals surface area contributed by atoms with Crippen LogP contribution in [0.5, 0.6) is 0 Å². The van der Waals surface area contributed by atoms with E-state index in [2.05, 4.69) is 35.9 Å². The van der Waals surface area contributed by atoms with Crippen LogP contribution in [0.3, 0.4) is 0 Å². The minimum Gasteiger partial charge on any atom is -0.388 e. The molecule has 0 saturated heterocycles. The highest BCUT2D eigenvalue weighted by Gasteiger charge is 2.52. The molecule has 3 rings (SSSR count). The molecule has 3 aliphatic carbocycles. The zero-order valence-corrected chi connectivity index (χ0v) is 9.13. The molecule has 1 fully saturated rings. The van der Waals surface area contributed by atoms with Crippen molar-refractivity contribution in [3.63, 3.8) is 0 Å². The summed E-state index contributed by atoms with van der Waals surface area (Å²) in [6.45, 7) is 4.54. The van der Waals surface area contributed by atoms with E-state index in [0.29, 0.717) is 11.3 Å². The molecule has 0 aromatic rings. The lowest BCUT2D eigenvalue weighted by Crippen LogP contribution is -2.48. The molecular formula is C10H15BrO. The van der Waals surface area contributed by atoms with Gasteiger partial charge in [-0.15, -0.1) is 0 Å². The third kappa shape index (κ3) is 1.01. The number of hydrogen-bond donors (Lipinski definition) is 1. The predicted molar refractivity (Wildman–Crippen MR) is 53.0 cm³/mol. The zero-order valence-electron chi connectivity index (χ0n) is 7.55. The van der Waals surface area contributed by atoms with Crippen molar-refractivity contribution < 1.29 is 5.11 Å². The normalized spacial score (nSPS) is 44.3. The van der Waals surface area contributed by atoms with Gasteiger partial charge >= 0.3 is 0 Å². The van der Waals surface area contributed by atoms with Gasteiger partial charge in [-0.2, -0.15) is 0 Å². The highest BCUT2D eigenvalue weighted by Crippen LogP contribution is 2.57.